The van der Waals surface area contributed by atoms with Crippen molar-refractivity contribution in [2.45, 2.75) is 12.8 Å². The van der Waals surface area contributed by atoms with Crippen molar-refractivity contribution in [3.05, 3.63) is 28.4 Å². The Morgan fingerprint density at radius 2 is 2.14 bits per heavy atom. The molecule has 1 aromatic rings. The minimum Gasteiger partial charge on any atom is -0.358 e. The van der Waals surface area contributed by atoms with Gasteiger partial charge in [-0.15, -0.1) is 0 Å². The first kappa shape index (κ1) is 15.7. The lowest BCUT2D eigenvalue weighted by molar-refractivity contribution is -0.385. The number of likely N-dealkylation sites (N-methyl/N-ethyl adjacent to an activating group) is 1. The number of nitrogens with one attached hydrogen (secondary N) is 1. The minimum absolute atomic E-state index is 0.0240. The fourth-order valence-corrected chi connectivity index (χ4v) is 2.44. The van der Waals surface area contributed by atoms with Crippen molar-refractivity contribution in [2.24, 2.45) is 0 Å². The molecule has 0 unspecified atom stereocenters. The third-order valence-corrected chi connectivity index (χ3v) is 3.76. The number of pyridine rings is 1. The molecule has 0 aliphatic carbocycles. The number of nitro groups is 1. The zero-order valence-electron chi connectivity index (χ0n) is 12.5. The highest BCUT2D eigenvalue weighted by molar-refractivity contribution is 5.42. The fourth-order valence-electron chi connectivity index (χ4n) is 2.44. The van der Waals surface area contributed by atoms with Gasteiger partial charge in [0.25, 0.3) is 5.69 Å². The molecule has 1 aliphatic rings. The summed E-state index contributed by atoms with van der Waals surface area (Å²) in [5.41, 5.74) is 0.0240. The van der Waals surface area contributed by atoms with Gasteiger partial charge in [0.15, 0.2) is 0 Å². The van der Waals surface area contributed by atoms with Crippen molar-refractivity contribution < 1.29 is 4.92 Å². The number of anilines is 1. The molecule has 7 nitrogen and oxygen atoms in total. The van der Waals surface area contributed by atoms with Gasteiger partial charge in [-0.25, -0.2) is 4.98 Å². The number of hydrogen-bond donors (Lipinski definition) is 1. The molecule has 0 aromatic carbocycles. The minimum atomic E-state index is -0.434. The second-order valence-electron chi connectivity index (χ2n) is 5.35. The van der Waals surface area contributed by atoms with E-state index >= 15 is 0 Å². The highest BCUT2D eigenvalue weighted by Crippen LogP contribution is 2.14. The summed E-state index contributed by atoms with van der Waals surface area (Å²) in [6.07, 6.45) is 3.95. The molecule has 1 aliphatic heterocycles. The highest BCUT2D eigenvalue weighted by atomic mass is 16.6. The lowest BCUT2D eigenvalue weighted by Crippen LogP contribution is -2.34. The summed E-state index contributed by atoms with van der Waals surface area (Å²) in [5.74, 6) is 0.752. The fraction of sp³-hybridized carbons (Fsp3) is 0.643. The molecule has 0 amide bonds. The van der Waals surface area contributed by atoms with Gasteiger partial charge in [0.2, 0.25) is 0 Å². The molecule has 1 fully saturated rings. The number of aromatic nitrogens is 1. The molecule has 1 N–H and O–H groups in total. The van der Waals surface area contributed by atoms with E-state index in [0.717, 1.165) is 32.0 Å². The van der Waals surface area contributed by atoms with Gasteiger partial charge in [0.1, 0.15) is 12.0 Å². The largest absolute Gasteiger partial charge is 0.358 e. The van der Waals surface area contributed by atoms with Crippen molar-refractivity contribution >= 4 is 11.5 Å². The molecule has 21 heavy (non-hydrogen) atoms. The summed E-state index contributed by atoms with van der Waals surface area (Å²) >= 11 is 0. The molecule has 2 rings (SSSR count). The summed E-state index contributed by atoms with van der Waals surface area (Å²) in [5, 5.41) is 14.0. The first-order valence-electron chi connectivity index (χ1n) is 7.41. The average Bonchev–Trinajstić information content (AvgIpc) is 3.00. The lowest BCUT2D eigenvalue weighted by atomic mass is 10.4. The van der Waals surface area contributed by atoms with Crippen LogP contribution in [0.5, 0.6) is 0 Å². The Hall–Kier alpha value is -1.73. The number of likely N-dealkylation sites (tertiary alicyclic amines) is 1. The van der Waals surface area contributed by atoms with Crippen molar-refractivity contribution in [2.75, 3.05) is 51.2 Å². The molecule has 0 radical (unpaired) electrons. The van der Waals surface area contributed by atoms with E-state index < -0.39 is 4.92 Å². The van der Waals surface area contributed by atoms with E-state index in [2.05, 4.69) is 15.2 Å². The molecule has 1 saturated heterocycles. The van der Waals surface area contributed by atoms with Crippen LogP contribution >= 0.6 is 0 Å². The van der Waals surface area contributed by atoms with E-state index in [4.69, 9.17) is 0 Å². The number of rotatable bonds is 8. The molecule has 0 bridgehead atoms. The van der Waals surface area contributed by atoms with E-state index in [9.17, 15) is 10.1 Å². The third-order valence-electron chi connectivity index (χ3n) is 3.76. The molecular formula is C14H23N5O2. The maximum atomic E-state index is 10.6. The normalized spacial score (nSPS) is 15.3. The molecule has 116 valence electrons. The average molecular weight is 293 g/mol. The second-order valence-corrected chi connectivity index (χ2v) is 5.35. The van der Waals surface area contributed by atoms with Crippen molar-refractivity contribution in [1.82, 2.24) is 15.2 Å². The van der Waals surface area contributed by atoms with Crippen molar-refractivity contribution in [3.8, 4) is 0 Å². The highest BCUT2D eigenvalue weighted by Gasteiger charge is 2.10. The SMILES string of the molecule is CN(CCNCCN1CCCC1)c1ccc([N+](=O)[O-])cn1. The van der Waals surface area contributed by atoms with Crippen LogP contribution in [-0.4, -0.2) is 61.1 Å². The Labute approximate surface area is 125 Å². The van der Waals surface area contributed by atoms with Crippen LogP contribution in [0.25, 0.3) is 0 Å². The summed E-state index contributed by atoms with van der Waals surface area (Å²) in [4.78, 5) is 18.7. The zero-order valence-corrected chi connectivity index (χ0v) is 12.5. The van der Waals surface area contributed by atoms with Gasteiger partial charge in [-0.2, -0.15) is 0 Å². The van der Waals surface area contributed by atoms with Gasteiger partial charge in [-0.3, -0.25) is 10.1 Å². The molecule has 0 atom stereocenters. The van der Waals surface area contributed by atoms with Crippen LogP contribution in [0.3, 0.4) is 0 Å². The third kappa shape index (κ3) is 4.95. The maximum absolute atomic E-state index is 10.6. The monoisotopic (exact) mass is 293 g/mol. The van der Waals surface area contributed by atoms with Gasteiger partial charge < -0.3 is 15.1 Å². The quantitative estimate of drug-likeness (QED) is 0.440. The van der Waals surface area contributed by atoms with Crippen LogP contribution in [0.15, 0.2) is 18.3 Å². The standard InChI is InChI=1S/C14H23N5O2/c1-17(14-5-4-13(12-16-14)19(20)21)10-6-15-7-11-18-8-2-3-9-18/h4-5,12,15H,2-3,6-11H2,1H3. The van der Waals surface area contributed by atoms with Crippen LogP contribution in [0.4, 0.5) is 11.5 Å². The molecular weight excluding hydrogens is 270 g/mol. The number of hydrogen-bond acceptors (Lipinski definition) is 6. The summed E-state index contributed by atoms with van der Waals surface area (Å²) in [7, 11) is 1.94. The van der Waals surface area contributed by atoms with Gasteiger partial charge in [-0.05, 0) is 32.0 Å². The van der Waals surface area contributed by atoms with E-state index in [-0.39, 0.29) is 5.69 Å². The Kier molecular flexibility index (Phi) is 5.89. The smallest absolute Gasteiger partial charge is 0.287 e. The van der Waals surface area contributed by atoms with Gasteiger partial charge in [0, 0.05) is 39.3 Å². The first-order valence-corrected chi connectivity index (χ1v) is 7.41. The van der Waals surface area contributed by atoms with Crippen LogP contribution in [0, 0.1) is 10.1 Å². The summed E-state index contributed by atoms with van der Waals surface area (Å²) < 4.78 is 0. The predicted molar refractivity (Wildman–Crippen MR) is 82.7 cm³/mol. The Morgan fingerprint density at radius 1 is 1.38 bits per heavy atom. The van der Waals surface area contributed by atoms with Gasteiger partial charge in [-0.1, -0.05) is 0 Å². The molecule has 1 aromatic heterocycles. The molecule has 2 heterocycles. The van der Waals surface area contributed by atoms with E-state index in [1.807, 2.05) is 11.9 Å². The van der Waals surface area contributed by atoms with Crippen molar-refractivity contribution in [3.63, 3.8) is 0 Å². The topological polar surface area (TPSA) is 74.5 Å². The maximum Gasteiger partial charge on any atom is 0.287 e. The molecule has 0 spiro atoms. The van der Waals surface area contributed by atoms with Crippen molar-refractivity contribution in [1.29, 1.82) is 0 Å². The van der Waals surface area contributed by atoms with Crippen LogP contribution in [0.2, 0.25) is 0 Å². The number of nitrogens with zero attached hydrogens (tertiary/aromatic N) is 4. The zero-order chi connectivity index (χ0) is 15.1. The Bertz CT molecular complexity index is 445. The first-order chi connectivity index (χ1) is 10.2. The van der Waals surface area contributed by atoms with Crippen LogP contribution in [-0.2, 0) is 0 Å². The summed E-state index contributed by atoms with van der Waals surface area (Å²) in [6.45, 7) is 6.28. The van der Waals surface area contributed by atoms with E-state index in [0.29, 0.717) is 0 Å². The van der Waals surface area contributed by atoms with E-state index in [1.54, 1.807) is 6.07 Å². The van der Waals surface area contributed by atoms with Gasteiger partial charge >= 0.3 is 0 Å². The Morgan fingerprint density at radius 3 is 2.76 bits per heavy atom. The van der Waals surface area contributed by atoms with E-state index in [1.165, 1.54) is 38.2 Å². The summed E-state index contributed by atoms with van der Waals surface area (Å²) in [6, 6.07) is 3.17. The molecule has 7 heteroatoms. The lowest BCUT2D eigenvalue weighted by Gasteiger charge is -2.19. The molecule has 0 saturated carbocycles. The Balaban J connectivity index is 1.64. The predicted octanol–water partition coefficient (Wildman–Crippen LogP) is 1.11. The van der Waals surface area contributed by atoms with Crippen LogP contribution in [0.1, 0.15) is 12.8 Å². The second kappa shape index (κ2) is 7.90. The van der Waals surface area contributed by atoms with Crippen LogP contribution < -0.4 is 10.2 Å². The van der Waals surface area contributed by atoms with Gasteiger partial charge in [0.05, 0.1) is 4.92 Å².